The fraction of sp³-hybridized carbons (Fsp3) is 0.273. The Morgan fingerprint density at radius 3 is 2.35 bits per heavy atom. The fourth-order valence-corrected chi connectivity index (χ4v) is 3.33. The Kier molecular flexibility index (Phi) is 4.11. The molecule has 0 aliphatic carbocycles. The summed E-state index contributed by atoms with van der Waals surface area (Å²) < 4.78 is 28.4. The average Bonchev–Trinajstić information content (AvgIpc) is 2.67. The summed E-state index contributed by atoms with van der Waals surface area (Å²) in [7, 11) is -3.50. The highest BCUT2D eigenvalue weighted by atomic mass is 79.9. The Labute approximate surface area is 125 Å². The molecule has 0 bridgehead atoms. The van der Waals surface area contributed by atoms with Crippen LogP contribution in [0.25, 0.3) is 5.69 Å². The van der Waals surface area contributed by atoms with Crippen molar-refractivity contribution in [3.63, 3.8) is 0 Å². The Bertz CT molecular complexity index is 709. The molecule has 3 N–H and O–H groups in total. The number of halogens is 1. The van der Waals surface area contributed by atoms with Gasteiger partial charge in [-0.15, -0.1) is 5.10 Å². The lowest BCUT2D eigenvalue weighted by atomic mass is 10.3. The van der Waals surface area contributed by atoms with Crippen LogP contribution in [0.15, 0.2) is 33.9 Å². The van der Waals surface area contributed by atoms with Gasteiger partial charge in [0.15, 0.2) is 0 Å². The van der Waals surface area contributed by atoms with Crippen molar-refractivity contribution in [3.05, 3.63) is 29.0 Å². The Hall–Kier alpha value is -1.45. The molecule has 2 aromatic rings. The van der Waals surface area contributed by atoms with Gasteiger partial charge in [-0.2, -0.15) is 4.98 Å². The van der Waals surface area contributed by atoms with E-state index >= 15 is 0 Å². The Morgan fingerprint density at radius 1 is 1.30 bits per heavy atom. The van der Waals surface area contributed by atoms with Gasteiger partial charge in [-0.25, -0.2) is 17.8 Å². The predicted molar refractivity (Wildman–Crippen MR) is 78.9 cm³/mol. The van der Waals surface area contributed by atoms with E-state index in [0.29, 0.717) is 10.4 Å². The molecule has 108 valence electrons. The quantitative estimate of drug-likeness (QED) is 0.856. The molecule has 0 fully saturated rings. The third kappa shape index (κ3) is 3.17. The van der Waals surface area contributed by atoms with Gasteiger partial charge < -0.3 is 5.73 Å². The molecule has 20 heavy (non-hydrogen) atoms. The monoisotopic (exact) mass is 359 g/mol. The molecule has 0 amide bonds. The van der Waals surface area contributed by atoms with Crippen molar-refractivity contribution >= 4 is 31.9 Å². The molecule has 0 spiro atoms. The predicted octanol–water partition coefficient (Wildman–Crippen LogP) is 1.30. The molecule has 1 heterocycles. The molecule has 0 aliphatic rings. The van der Waals surface area contributed by atoms with Crippen molar-refractivity contribution in [1.82, 2.24) is 19.5 Å². The van der Waals surface area contributed by atoms with Gasteiger partial charge in [0.05, 0.1) is 10.6 Å². The van der Waals surface area contributed by atoms with Crippen LogP contribution in [-0.4, -0.2) is 29.2 Å². The Morgan fingerprint density at radius 2 is 1.90 bits per heavy atom. The third-order valence-corrected chi connectivity index (χ3v) is 4.55. The van der Waals surface area contributed by atoms with Crippen molar-refractivity contribution < 1.29 is 8.42 Å². The van der Waals surface area contributed by atoms with E-state index in [1.807, 2.05) is 0 Å². The second-order valence-electron chi connectivity index (χ2n) is 4.42. The molecular formula is C11H14BrN5O2S. The number of hydrogen-bond acceptors (Lipinski definition) is 5. The Balaban J connectivity index is 2.34. The molecule has 0 unspecified atom stereocenters. The molecular weight excluding hydrogens is 346 g/mol. The first-order valence-electron chi connectivity index (χ1n) is 5.80. The standard InChI is InChI=1S/C11H14BrN5O2S/c1-7(2)16-20(18,19)9-5-3-8(4-6-9)17-10(12)14-11(13)15-17/h3-7,16H,1-2H3,(H2,13,15). The van der Waals surface area contributed by atoms with Crippen molar-refractivity contribution in [2.24, 2.45) is 0 Å². The minimum atomic E-state index is -3.50. The highest BCUT2D eigenvalue weighted by Crippen LogP contribution is 2.18. The van der Waals surface area contributed by atoms with Gasteiger partial charge in [0.25, 0.3) is 0 Å². The van der Waals surface area contributed by atoms with Gasteiger partial charge in [-0.1, -0.05) is 0 Å². The summed E-state index contributed by atoms with van der Waals surface area (Å²) in [6, 6.07) is 6.11. The summed E-state index contributed by atoms with van der Waals surface area (Å²) in [5.74, 6) is 0.134. The molecule has 0 aliphatic heterocycles. The molecule has 0 saturated heterocycles. The van der Waals surface area contributed by atoms with Gasteiger partial charge in [0.2, 0.25) is 20.7 Å². The second kappa shape index (κ2) is 5.51. The molecule has 7 nitrogen and oxygen atoms in total. The van der Waals surface area contributed by atoms with Crippen LogP contribution in [-0.2, 0) is 10.0 Å². The van der Waals surface area contributed by atoms with E-state index in [9.17, 15) is 8.42 Å². The first kappa shape index (κ1) is 14.9. The minimum absolute atomic E-state index is 0.134. The number of hydrogen-bond donors (Lipinski definition) is 2. The van der Waals surface area contributed by atoms with Crippen LogP contribution >= 0.6 is 15.9 Å². The summed E-state index contributed by atoms with van der Waals surface area (Å²) in [5.41, 5.74) is 6.15. The lowest BCUT2D eigenvalue weighted by Crippen LogP contribution is -2.30. The first-order chi connectivity index (χ1) is 9.29. The van der Waals surface area contributed by atoms with Crippen LogP contribution in [0.5, 0.6) is 0 Å². The number of sulfonamides is 1. The SMILES string of the molecule is CC(C)NS(=O)(=O)c1ccc(-n2nc(N)nc2Br)cc1. The van der Waals surface area contributed by atoms with Crippen molar-refractivity contribution in [3.8, 4) is 5.69 Å². The maximum Gasteiger partial charge on any atom is 0.240 e. The zero-order valence-corrected chi connectivity index (χ0v) is 13.3. The van der Waals surface area contributed by atoms with Gasteiger partial charge in [-0.05, 0) is 54.0 Å². The normalized spacial score (nSPS) is 12.0. The molecule has 2 rings (SSSR count). The molecule has 1 aromatic heterocycles. The number of nitrogens with zero attached hydrogens (tertiary/aromatic N) is 3. The van der Waals surface area contributed by atoms with Crippen molar-refractivity contribution in [2.75, 3.05) is 5.73 Å². The van der Waals surface area contributed by atoms with Crippen molar-refractivity contribution in [2.45, 2.75) is 24.8 Å². The number of benzene rings is 1. The number of nitrogen functional groups attached to an aromatic ring is 1. The zero-order chi connectivity index (χ0) is 14.9. The highest BCUT2D eigenvalue weighted by molar-refractivity contribution is 9.10. The summed E-state index contributed by atoms with van der Waals surface area (Å²) in [6.07, 6.45) is 0. The summed E-state index contributed by atoms with van der Waals surface area (Å²) in [5, 5.41) is 3.99. The number of nitrogens with two attached hydrogens (primary N) is 1. The molecule has 1 aromatic carbocycles. The van der Waals surface area contributed by atoms with Crippen LogP contribution in [0.4, 0.5) is 5.95 Å². The number of nitrogens with one attached hydrogen (secondary N) is 1. The number of rotatable bonds is 4. The maximum absolute atomic E-state index is 12.0. The third-order valence-electron chi connectivity index (χ3n) is 2.37. The number of anilines is 1. The van der Waals surface area contributed by atoms with Crippen LogP contribution in [0.1, 0.15) is 13.8 Å². The van der Waals surface area contributed by atoms with E-state index in [1.54, 1.807) is 26.0 Å². The van der Waals surface area contributed by atoms with E-state index in [2.05, 4.69) is 30.7 Å². The lowest BCUT2D eigenvalue weighted by molar-refractivity contribution is 0.570. The van der Waals surface area contributed by atoms with Gasteiger partial charge >= 0.3 is 0 Å². The van der Waals surface area contributed by atoms with Crippen LogP contribution < -0.4 is 10.5 Å². The molecule has 9 heteroatoms. The van der Waals surface area contributed by atoms with Crippen LogP contribution in [0, 0.1) is 0 Å². The van der Waals surface area contributed by atoms with E-state index in [1.165, 1.54) is 16.8 Å². The van der Waals surface area contributed by atoms with Crippen LogP contribution in [0.2, 0.25) is 0 Å². The van der Waals surface area contributed by atoms with Gasteiger partial charge in [0, 0.05) is 6.04 Å². The minimum Gasteiger partial charge on any atom is -0.366 e. The lowest BCUT2D eigenvalue weighted by Gasteiger charge is -2.10. The average molecular weight is 360 g/mol. The van der Waals surface area contributed by atoms with Crippen LogP contribution in [0.3, 0.4) is 0 Å². The molecule has 0 radical (unpaired) electrons. The zero-order valence-electron chi connectivity index (χ0n) is 10.9. The fourth-order valence-electron chi connectivity index (χ4n) is 1.62. The van der Waals surface area contributed by atoms with Gasteiger partial charge in [-0.3, -0.25) is 0 Å². The molecule has 0 atom stereocenters. The largest absolute Gasteiger partial charge is 0.366 e. The summed E-state index contributed by atoms with van der Waals surface area (Å²) in [4.78, 5) is 4.11. The smallest absolute Gasteiger partial charge is 0.240 e. The van der Waals surface area contributed by atoms with E-state index < -0.39 is 10.0 Å². The highest BCUT2D eigenvalue weighted by Gasteiger charge is 2.15. The van der Waals surface area contributed by atoms with E-state index in [0.717, 1.165) is 0 Å². The second-order valence-corrected chi connectivity index (χ2v) is 6.84. The maximum atomic E-state index is 12.0. The number of aromatic nitrogens is 3. The topological polar surface area (TPSA) is 103 Å². The summed E-state index contributed by atoms with van der Waals surface area (Å²) in [6.45, 7) is 3.53. The van der Waals surface area contributed by atoms with Gasteiger partial charge in [0.1, 0.15) is 0 Å². The van der Waals surface area contributed by atoms with E-state index in [4.69, 9.17) is 5.73 Å². The van der Waals surface area contributed by atoms with E-state index in [-0.39, 0.29) is 16.9 Å². The van der Waals surface area contributed by atoms with Crippen molar-refractivity contribution in [1.29, 1.82) is 0 Å². The summed E-state index contributed by atoms with van der Waals surface area (Å²) >= 11 is 3.22. The molecule has 0 saturated carbocycles. The first-order valence-corrected chi connectivity index (χ1v) is 8.08.